The molecule has 1 amide bonds. The maximum Gasteiger partial charge on any atom is 0.263 e. The second-order valence-electron chi connectivity index (χ2n) is 9.78. The van der Waals surface area contributed by atoms with Gasteiger partial charge in [0.25, 0.3) is 5.91 Å². The van der Waals surface area contributed by atoms with Gasteiger partial charge >= 0.3 is 0 Å². The van der Waals surface area contributed by atoms with E-state index in [-0.39, 0.29) is 18.6 Å². The Morgan fingerprint density at radius 3 is 2.89 bits per heavy atom. The molecule has 0 bridgehead atoms. The van der Waals surface area contributed by atoms with E-state index in [4.69, 9.17) is 10.2 Å². The molecule has 3 aromatic rings. The van der Waals surface area contributed by atoms with Crippen LogP contribution in [-0.4, -0.2) is 69.2 Å². The number of hydrogen-bond acceptors (Lipinski definition) is 8. The summed E-state index contributed by atoms with van der Waals surface area (Å²) < 4.78 is 0. The summed E-state index contributed by atoms with van der Waals surface area (Å²) >= 11 is 1.35. The summed E-state index contributed by atoms with van der Waals surface area (Å²) in [5, 5.41) is 26.6. The lowest BCUT2D eigenvalue weighted by Gasteiger charge is -2.21. The van der Waals surface area contributed by atoms with Crippen LogP contribution in [0.1, 0.15) is 41.6 Å². The van der Waals surface area contributed by atoms with Gasteiger partial charge in [0.1, 0.15) is 15.5 Å². The van der Waals surface area contributed by atoms with Crippen molar-refractivity contribution in [2.24, 2.45) is 11.8 Å². The van der Waals surface area contributed by atoms with Gasteiger partial charge in [-0.15, -0.1) is 11.3 Å². The van der Waals surface area contributed by atoms with Crippen LogP contribution in [0.5, 0.6) is 0 Å². The molecule has 0 spiro atoms. The molecule has 4 N–H and O–H groups in total. The van der Waals surface area contributed by atoms with E-state index in [2.05, 4.69) is 31.6 Å². The van der Waals surface area contributed by atoms with Crippen molar-refractivity contribution < 1.29 is 9.90 Å². The van der Waals surface area contributed by atoms with Gasteiger partial charge in [-0.2, -0.15) is 5.26 Å². The molecule has 2 fully saturated rings. The van der Waals surface area contributed by atoms with Gasteiger partial charge in [0.2, 0.25) is 0 Å². The van der Waals surface area contributed by atoms with E-state index < -0.39 is 0 Å². The first-order chi connectivity index (χ1) is 17.0. The SMILES string of the molecule is Cc1nc(-c2cnc3[nH]ccc3c2NC2C[C@@H]3CN(CCC#N)C[C@@H]3C2)sc1C(=O)NC(C)CO. The number of nitriles is 1. The van der Waals surface area contributed by atoms with Gasteiger partial charge in [-0.05, 0) is 44.6 Å². The number of aliphatic hydroxyl groups is 1. The van der Waals surface area contributed by atoms with Crippen LogP contribution in [-0.2, 0) is 0 Å². The Hall–Kier alpha value is -3.00. The summed E-state index contributed by atoms with van der Waals surface area (Å²) in [6.45, 7) is 6.51. The molecule has 1 aliphatic heterocycles. The number of H-pyrrole nitrogens is 1. The molecular formula is C25H31N7O2S. The van der Waals surface area contributed by atoms with Gasteiger partial charge in [-0.1, -0.05) is 0 Å². The van der Waals surface area contributed by atoms with Crippen LogP contribution >= 0.6 is 11.3 Å². The number of likely N-dealkylation sites (tertiary alicyclic amines) is 1. The Morgan fingerprint density at radius 1 is 1.40 bits per heavy atom. The maximum atomic E-state index is 12.7. The van der Waals surface area contributed by atoms with Gasteiger partial charge in [0.15, 0.2) is 0 Å². The van der Waals surface area contributed by atoms with E-state index in [0.29, 0.717) is 34.9 Å². The molecule has 0 aromatic carbocycles. The van der Waals surface area contributed by atoms with Crippen LogP contribution in [0.15, 0.2) is 18.5 Å². The second-order valence-corrected chi connectivity index (χ2v) is 10.8. The highest BCUT2D eigenvalue weighted by Gasteiger charge is 2.41. The summed E-state index contributed by atoms with van der Waals surface area (Å²) in [6.07, 6.45) is 6.53. The number of pyridine rings is 1. The number of amides is 1. The summed E-state index contributed by atoms with van der Waals surface area (Å²) in [5.74, 6) is 1.09. The average Bonchev–Trinajstić information content (AvgIpc) is 3.60. The molecule has 3 aromatic heterocycles. The first kappa shape index (κ1) is 23.7. The fourth-order valence-electron chi connectivity index (χ4n) is 5.49. The third-order valence-corrected chi connectivity index (χ3v) is 8.38. The first-order valence-corrected chi connectivity index (χ1v) is 13.0. The van der Waals surface area contributed by atoms with Crippen molar-refractivity contribution in [2.45, 2.75) is 45.2 Å². The van der Waals surface area contributed by atoms with E-state index in [9.17, 15) is 9.90 Å². The number of thiazole rings is 1. The number of rotatable bonds is 8. The predicted octanol–water partition coefficient (Wildman–Crippen LogP) is 3.14. The zero-order valence-electron chi connectivity index (χ0n) is 20.0. The molecule has 1 saturated carbocycles. The van der Waals surface area contributed by atoms with Crippen LogP contribution in [0, 0.1) is 30.1 Å². The Balaban J connectivity index is 1.39. The van der Waals surface area contributed by atoms with Crippen molar-refractivity contribution in [3.8, 4) is 16.6 Å². The first-order valence-electron chi connectivity index (χ1n) is 12.2. The van der Waals surface area contributed by atoms with Crippen LogP contribution in [0.2, 0.25) is 0 Å². The van der Waals surface area contributed by atoms with Crippen molar-refractivity contribution in [1.29, 1.82) is 5.26 Å². The highest BCUT2D eigenvalue weighted by Crippen LogP contribution is 2.42. The number of aryl methyl sites for hydroxylation is 1. The number of fused-ring (bicyclic) bond motifs is 2. The fraction of sp³-hybridized carbons (Fsp3) is 0.520. The van der Waals surface area contributed by atoms with Gasteiger partial charge in [0, 0.05) is 55.9 Å². The van der Waals surface area contributed by atoms with Gasteiger partial charge in [0.05, 0.1) is 29.6 Å². The molecule has 35 heavy (non-hydrogen) atoms. The second kappa shape index (κ2) is 9.93. The largest absolute Gasteiger partial charge is 0.394 e. The number of aliphatic hydroxyl groups excluding tert-OH is 1. The Morgan fingerprint density at radius 2 is 2.17 bits per heavy atom. The Kier molecular flexibility index (Phi) is 6.73. The topological polar surface area (TPSA) is 130 Å². The average molecular weight is 494 g/mol. The fourth-order valence-corrected chi connectivity index (χ4v) is 6.48. The predicted molar refractivity (Wildman–Crippen MR) is 136 cm³/mol. The van der Waals surface area contributed by atoms with Gasteiger partial charge in [-0.3, -0.25) is 4.79 Å². The van der Waals surface area contributed by atoms with Crippen LogP contribution in [0.4, 0.5) is 5.69 Å². The van der Waals surface area contributed by atoms with Crippen molar-refractivity contribution >= 4 is 34.0 Å². The molecule has 10 heteroatoms. The minimum absolute atomic E-state index is 0.113. The van der Waals surface area contributed by atoms with E-state index in [1.807, 2.05) is 25.4 Å². The van der Waals surface area contributed by atoms with Crippen molar-refractivity contribution in [3.05, 3.63) is 29.0 Å². The van der Waals surface area contributed by atoms with Crippen molar-refractivity contribution in [3.63, 3.8) is 0 Å². The standard InChI is InChI=1S/C25H31N7O2S/c1-14(13-33)29-24(34)22-15(2)30-25(35-22)20-10-28-23-19(4-6-27-23)21(20)31-18-8-16-11-32(7-3-5-26)12-17(16)9-18/h4,6,10,14,16-18,33H,3,7-9,11-13H2,1-2H3,(H,29,34)(H2,27,28,31)/t14?,16-,17+,18?. The minimum Gasteiger partial charge on any atom is -0.394 e. The third-order valence-electron chi connectivity index (χ3n) is 7.19. The van der Waals surface area contributed by atoms with E-state index in [1.165, 1.54) is 11.3 Å². The number of nitrogens with zero attached hydrogens (tertiary/aromatic N) is 4. The number of carbonyl (C=O) groups is 1. The van der Waals surface area contributed by atoms with E-state index in [1.54, 1.807) is 6.92 Å². The van der Waals surface area contributed by atoms with Gasteiger partial charge < -0.3 is 25.6 Å². The lowest BCUT2D eigenvalue weighted by molar-refractivity contribution is 0.0925. The van der Waals surface area contributed by atoms with Crippen LogP contribution < -0.4 is 10.6 Å². The molecule has 4 atom stereocenters. The monoisotopic (exact) mass is 493 g/mol. The van der Waals surface area contributed by atoms with Crippen molar-refractivity contribution in [1.82, 2.24) is 25.2 Å². The zero-order chi connectivity index (χ0) is 24.5. The smallest absolute Gasteiger partial charge is 0.263 e. The number of aromatic amines is 1. The molecule has 0 radical (unpaired) electrons. The number of hydrogen-bond donors (Lipinski definition) is 4. The normalized spacial score (nSPS) is 22.7. The lowest BCUT2D eigenvalue weighted by Crippen LogP contribution is -2.34. The van der Waals surface area contributed by atoms with Gasteiger partial charge in [-0.25, -0.2) is 9.97 Å². The summed E-state index contributed by atoms with van der Waals surface area (Å²) in [6, 6.07) is 4.33. The van der Waals surface area contributed by atoms with Crippen molar-refractivity contribution in [2.75, 3.05) is 31.6 Å². The van der Waals surface area contributed by atoms with Crippen LogP contribution in [0.3, 0.4) is 0 Å². The molecule has 1 aliphatic carbocycles. The number of nitrogens with one attached hydrogen (secondary N) is 3. The summed E-state index contributed by atoms with van der Waals surface area (Å²) in [7, 11) is 0. The van der Waals surface area contributed by atoms with E-state index in [0.717, 1.165) is 59.8 Å². The minimum atomic E-state index is -0.319. The molecule has 184 valence electrons. The quantitative estimate of drug-likeness (QED) is 0.379. The molecular weight excluding hydrogens is 462 g/mol. The summed E-state index contributed by atoms with van der Waals surface area (Å²) in [5.41, 5.74) is 3.39. The number of carbonyl (C=O) groups excluding carboxylic acids is 1. The molecule has 5 rings (SSSR count). The maximum absolute atomic E-state index is 12.7. The molecule has 1 saturated heterocycles. The number of anilines is 1. The highest BCUT2D eigenvalue weighted by atomic mass is 32.1. The molecule has 9 nitrogen and oxygen atoms in total. The third kappa shape index (κ3) is 4.76. The Labute approximate surface area is 208 Å². The van der Waals surface area contributed by atoms with Crippen LogP contribution in [0.25, 0.3) is 21.6 Å². The molecule has 2 unspecified atom stereocenters. The molecule has 2 aliphatic rings. The number of aromatic nitrogens is 3. The Bertz CT molecular complexity index is 1250. The highest BCUT2D eigenvalue weighted by molar-refractivity contribution is 7.17. The van der Waals surface area contributed by atoms with E-state index >= 15 is 0 Å². The molecule has 4 heterocycles. The lowest BCUT2D eigenvalue weighted by atomic mass is 10.0. The zero-order valence-corrected chi connectivity index (χ0v) is 20.9. The summed E-state index contributed by atoms with van der Waals surface area (Å²) in [4.78, 5) is 28.2.